The number of amides is 1. The molecule has 1 aliphatic rings. The van der Waals surface area contributed by atoms with E-state index in [2.05, 4.69) is 50.6 Å². The van der Waals surface area contributed by atoms with E-state index < -0.39 is 6.09 Å². The maximum Gasteiger partial charge on any atom is 0.404 e. The van der Waals surface area contributed by atoms with E-state index in [1.165, 1.54) is 25.7 Å². The van der Waals surface area contributed by atoms with Gasteiger partial charge in [-0.1, -0.05) is 54.5 Å². The maximum absolute atomic E-state index is 9.49. The minimum Gasteiger partial charge on any atom is -0.465 e. The Kier molecular flexibility index (Phi) is 7.17. The van der Waals surface area contributed by atoms with Gasteiger partial charge in [0.25, 0.3) is 0 Å². The first-order chi connectivity index (χ1) is 14.6. The van der Waals surface area contributed by atoms with Crippen LogP contribution in [-0.2, 0) is 0 Å². The van der Waals surface area contributed by atoms with Crippen molar-refractivity contribution in [3.63, 3.8) is 0 Å². The average molecular weight is 403 g/mol. The van der Waals surface area contributed by atoms with Crippen LogP contribution in [-0.4, -0.2) is 32.7 Å². The molecule has 0 radical (unpaired) electrons. The van der Waals surface area contributed by atoms with Crippen molar-refractivity contribution < 1.29 is 9.90 Å². The molecule has 0 spiro atoms. The standard InChI is InChI=1S/C20H18N4.C3H7NO2/c21-13-15-5-7-16(8-6-15)17-9-11-18(12-10-17)20-14-22-23-24(20)19-3-1-2-4-19;1-2-4-3(5)6/h5-12,14,19H,1-4H2;4H,2H2,1H3,(H,5,6). The summed E-state index contributed by atoms with van der Waals surface area (Å²) >= 11 is 0. The van der Waals surface area contributed by atoms with E-state index in [1.54, 1.807) is 6.92 Å². The van der Waals surface area contributed by atoms with Crippen molar-refractivity contribution in [2.24, 2.45) is 0 Å². The summed E-state index contributed by atoms with van der Waals surface area (Å²) in [6.07, 6.45) is 5.84. The fraction of sp³-hybridized carbons (Fsp3) is 0.304. The fourth-order valence-corrected chi connectivity index (χ4v) is 3.59. The van der Waals surface area contributed by atoms with Gasteiger partial charge in [0.15, 0.2) is 0 Å². The van der Waals surface area contributed by atoms with Crippen molar-refractivity contribution >= 4 is 6.09 Å². The first kappa shape index (κ1) is 21.1. The second kappa shape index (κ2) is 10.2. The van der Waals surface area contributed by atoms with Gasteiger partial charge in [0.05, 0.1) is 29.6 Å². The molecule has 0 saturated heterocycles. The van der Waals surface area contributed by atoms with Gasteiger partial charge in [-0.05, 0) is 43.0 Å². The van der Waals surface area contributed by atoms with Crippen molar-refractivity contribution in [3.05, 3.63) is 60.3 Å². The summed E-state index contributed by atoms with van der Waals surface area (Å²) < 4.78 is 2.09. The van der Waals surface area contributed by atoms with E-state index >= 15 is 0 Å². The molecular weight excluding hydrogens is 378 g/mol. The molecule has 1 amide bonds. The maximum atomic E-state index is 9.49. The minimum atomic E-state index is -0.961. The number of nitrogens with zero attached hydrogens (tertiary/aromatic N) is 4. The van der Waals surface area contributed by atoms with E-state index in [0.717, 1.165) is 22.4 Å². The Morgan fingerprint density at radius 2 is 1.67 bits per heavy atom. The molecule has 4 rings (SSSR count). The predicted molar refractivity (Wildman–Crippen MR) is 115 cm³/mol. The highest BCUT2D eigenvalue weighted by molar-refractivity contribution is 5.69. The van der Waals surface area contributed by atoms with Crippen LogP contribution < -0.4 is 5.32 Å². The second-order valence-electron chi connectivity index (χ2n) is 7.10. The summed E-state index contributed by atoms with van der Waals surface area (Å²) in [6.45, 7) is 2.21. The van der Waals surface area contributed by atoms with Crippen molar-refractivity contribution in [2.45, 2.75) is 38.6 Å². The third kappa shape index (κ3) is 5.23. The molecule has 0 aliphatic heterocycles. The van der Waals surface area contributed by atoms with Gasteiger partial charge in [-0.15, -0.1) is 5.10 Å². The van der Waals surface area contributed by atoms with Crippen LogP contribution in [0.5, 0.6) is 0 Å². The van der Waals surface area contributed by atoms with Crippen LogP contribution in [0.1, 0.15) is 44.2 Å². The van der Waals surface area contributed by atoms with Crippen LogP contribution in [0.25, 0.3) is 22.4 Å². The number of carbonyl (C=O) groups is 1. The number of rotatable bonds is 4. The molecule has 30 heavy (non-hydrogen) atoms. The van der Waals surface area contributed by atoms with Crippen LogP contribution >= 0.6 is 0 Å². The second-order valence-corrected chi connectivity index (χ2v) is 7.10. The highest BCUT2D eigenvalue weighted by Crippen LogP contribution is 2.33. The van der Waals surface area contributed by atoms with Gasteiger partial charge >= 0.3 is 6.09 Å². The van der Waals surface area contributed by atoms with Gasteiger partial charge in [0.2, 0.25) is 0 Å². The van der Waals surface area contributed by atoms with E-state index in [4.69, 9.17) is 10.4 Å². The topological polar surface area (TPSA) is 104 Å². The summed E-state index contributed by atoms with van der Waals surface area (Å²) in [6, 6.07) is 18.8. The Hall–Kier alpha value is -3.66. The van der Waals surface area contributed by atoms with Gasteiger partial charge in [0, 0.05) is 12.1 Å². The Morgan fingerprint density at radius 3 is 2.17 bits per heavy atom. The number of aromatic nitrogens is 3. The summed E-state index contributed by atoms with van der Waals surface area (Å²) in [5.41, 5.74) is 5.17. The van der Waals surface area contributed by atoms with E-state index in [9.17, 15) is 4.79 Å². The zero-order chi connectivity index (χ0) is 21.3. The van der Waals surface area contributed by atoms with Crippen molar-refractivity contribution in [3.8, 4) is 28.5 Å². The summed E-state index contributed by atoms with van der Waals surface area (Å²) in [5, 5.41) is 27.3. The molecule has 7 heteroatoms. The van der Waals surface area contributed by atoms with Gasteiger partial charge in [0.1, 0.15) is 0 Å². The number of benzene rings is 2. The number of carboxylic acid groups (broad SMARTS) is 1. The molecule has 1 saturated carbocycles. The summed E-state index contributed by atoms with van der Waals surface area (Å²) in [5.74, 6) is 0. The lowest BCUT2D eigenvalue weighted by Crippen LogP contribution is -2.19. The normalized spacial score (nSPS) is 13.2. The average Bonchev–Trinajstić information content (AvgIpc) is 3.46. The van der Waals surface area contributed by atoms with E-state index in [-0.39, 0.29) is 0 Å². The Labute approximate surface area is 176 Å². The highest BCUT2D eigenvalue weighted by atomic mass is 16.4. The lowest BCUT2D eigenvalue weighted by Gasteiger charge is -2.13. The smallest absolute Gasteiger partial charge is 0.404 e. The Bertz CT molecular complexity index is 997. The summed E-state index contributed by atoms with van der Waals surface area (Å²) in [7, 11) is 0. The number of hydrogen-bond acceptors (Lipinski definition) is 4. The molecule has 1 aromatic heterocycles. The SMILES string of the molecule is CCNC(=O)O.N#Cc1ccc(-c2ccc(-c3cnnn3C3CCCC3)cc2)cc1. The van der Waals surface area contributed by atoms with Crippen molar-refractivity contribution in [2.75, 3.05) is 6.54 Å². The molecule has 1 aliphatic carbocycles. The van der Waals surface area contributed by atoms with Crippen LogP contribution in [0, 0.1) is 11.3 Å². The van der Waals surface area contributed by atoms with Crippen LogP contribution in [0.4, 0.5) is 4.79 Å². The lowest BCUT2D eigenvalue weighted by molar-refractivity contribution is 0.195. The molecule has 2 aromatic carbocycles. The molecule has 3 aromatic rings. The zero-order valence-corrected chi connectivity index (χ0v) is 17.0. The lowest BCUT2D eigenvalue weighted by atomic mass is 10.0. The van der Waals surface area contributed by atoms with E-state index in [0.29, 0.717) is 18.2 Å². The third-order valence-corrected chi connectivity index (χ3v) is 5.10. The number of hydrogen-bond donors (Lipinski definition) is 2. The molecule has 0 atom stereocenters. The summed E-state index contributed by atoms with van der Waals surface area (Å²) in [4.78, 5) is 9.49. The highest BCUT2D eigenvalue weighted by Gasteiger charge is 2.20. The predicted octanol–water partition coefficient (Wildman–Crippen LogP) is 4.87. The van der Waals surface area contributed by atoms with Crippen molar-refractivity contribution in [1.82, 2.24) is 20.3 Å². The molecule has 2 N–H and O–H groups in total. The number of nitriles is 1. The third-order valence-electron chi connectivity index (χ3n) is 5.10. The monoisotopic (exact) mass is 403 g/mol. The van der Waals surface area contributed by atoms with E-state index in [1.807, 2.05) is 30.5 Å². The largest absolute Gasteiger partial charge is 0.465 e. The molecule has 0 unspecified atom stereocenters. The van der Waals surface area contributed by atoms with Crippen LogP contribution in [0.15, 0.2) is 54.7 Å². The Morgan fingerprint density at radius 1 is 1.10 bits per heavy atom. The fourth-order valence-electron chi connectivity index (χ4n) is 3.59. The molecule has 1 fully saturated rings. The van der Waals surface area contributed by atoms with Crippen molar-refractivity contribution in [1.29, 1.82) is 5.26 Å². The molecular formula is C23H25N5O2. The van der Waals surface area contributed by atoms with Gasteiger partial charge < -0.3 is 10.4 Å². The molecule has 1 heterocycles. The van der Waals surface area contributed by atoms with Crippen LogP contribution in [0.3, 0.4) is 0 Å². The van der Waals surface area contributed by atoms with Gasteiger partial charge in [-0.2, -0.15) is 5.26 Å². The molecule has 154 valence electrons. The first-order valence-corrected chi connectivity index (χ1v) is 10.1. The quantitative estimate of drug-likeness (QED) is 0.646. The first-order valence-electron chi connectivity index (χ1n) is 10.1. The molecule has 7 nitrogen and oxygen atoms in total. The van der Waals surface area contributed by atoms with Gasteiger partial charge in [-0.25, -0.2) is 9.48 Å². The number of nitrogens with one attached hydrogen (secondary N) is 1. The molecule has 0 bridgehead atoms. The zero-order valence-electron chi connectivity index (χ0n) is 17.0. The minimum absolute atomic E-state index is 0.481. The van der Waals surface area contributed by atoms with Gasteiger partial charge in [-0.3, -0.25) is 0 Å². The van der Waals surface area contributed by atoms with Crippen LogP contribution in [0.2, 0.25) is 0 Å². The Balaban J connectivity index is 0.000000377.